The van der Waals surface area contributed by atoms with Crippen LogP contribution in [-0.2, 0) is 13.0 Å². The number of hydrogen-bond donors (Lipinski definition) is 1. The highest BCUT2D eigenvalue weighted by molar-refractivity contribution is 6.30. The molecule has 0 spiro atoms. The lowest BCUT2D eigenvalue weighted by Gasteiger charge is -2.15. The van der Waals surface area contributed by atoms with Crippen molar-refractivity contribution in [1.29, 1.82) is 0 Å². The quantitative estimate of drug-likeness (QED) is 0.884. The predicted molar refractivity (Wildman–Crippen MR) is 77.1 cm³/mol. The Morgan fingerprint density at radius 1 is 1.25 bits per heavy atom. The average Bonchev–Trinajstić information content (AvgIpc) is 2.47. The highest BCUT2D eigenvalue weighted by Gasteiger charge is 2.13. The number of benzene rings is 1. The third-order valence-electron chi connectivity index (χ3n) is 2.69. The number of hydrogen-bond acceptors (Lipinski definition) is 5. The number of aromatic nitrogens is 2. The minimum absolute atomic E-state index is 0.260. The van der Waals surface area contributed by atoms with Gasteiger partial charge in [0.2, 0.25) is 0 Å². The van der Waals surface area contributed by atoms with Gasteiger partial charge in [-0.1, -0.05) is 11.6 Å². The molecule has 0 aliphatic rings. The molecule has 1 heterocycles. The molecule has 1 aromatic carbocycles. The van der Waals surface area contributed by atoms with Gasteiger partial charge >= 0.3 is 0 Å². The van der Waals surface area contributed by atoms with Crippen LogP contribution in [0.4, 0.5) is 0 Å². The zero-order valence-corrected chi connectivity index (χ0v) is 11.9. The van der Waals surface area contributed by atoms with Gasteiger partial charge in [0.05, 0.1) is 7.11 Å². The molecule has 0 aliphatic carbocycles. The van der Waals surface area contributed by atoms with E-state index in [1.54, 1.807) is 31.6 Å². The first kappa shape index (κ1) is 14.6. The van der Waals surface area contributed by atoms with Crippen molar-refractivity contribution >= 4 is 11.6 Å². The van der Waals surface area contributed by atoms with Crippen LogP contribution in [-0.4, -0.2) is 23.6 Å². The number of nitrogens with two attached hydrogens (primary N) is 1. The number of ether oxygens (including phenoxy) is 2. The lowest BCUT2D eigenvalue weighted by molar-refractivity contribution is 0.273. The van der Waals surface area contributed by atoms with E-state index in [9.17, 15) is 0 Å². The largest absolute Gasteiger partial charge is 0.493 e. The van der Waals surface area contributed by atoms with Crippen molar-refractivity contribution in [3.63, 3.8) is 0 Å². The molecule has 0 saturated carbocycles. The molecule has 6 heteroatoms. The van der Waals surface area contributed by atoms with E-state index in [0.29, 0.717) is 35.3 Å². The fraction of sp³-hybridized carbons (Fsp3) is 0.286. The monoisotopic (exact) mass is 293 g/mol. The summed E-state index contributed by atoms with van der Waals surface area (Å²) in [5, 5.41) is 0.591. The second kappa shape index (κ2) is 7.07. The zero-order chi connectivity index (χ0) is 14.4. The molecule has 2 N–H and O–H groups in total. The van der Waals surface area contributed by atoms with Gasteiger partial charge in [-0.2, -0.15) is 0 Å². The molecule has 0 aliphatic heterocycles. The van der Waals surface area contributed by atoms with Crippen molar-refractivity contribution < 1.29 is 9.47 Å². The van der Waals surface area contributed by atoms with Crippen molar-refractivity contribution in [1.82, 2.24) is 9.97 Å². The molecule has 2 aromatic rings. The van der Waals surface area contributed by atoms with Crippen LogP contribution in [0.5, 0.6) is 11.5 Å². The third kappa shape index (κ3) is 3.59. The van der Waals surface area contributed by atoms with Gasteiger partial charge < -0.3 is 15.2 Å². The second-order valence-corrected chi connectivity index (χ2v) is 4.53. The first-order chi connectivity index (χ1) is 9.74. The van der Waals surface area contributed by atoms with Crippen molar-refractivity contribution in [2.24, 2.45) is 5.73 Å². The van der Waals surface area contributed by atoms with Gasteiger partial charge in [0.15, 0.2) is 17.3 Å². The summed E-state index contributed by atoms with van der Waals surface area (Å²) in [6.07, 6.45) is 4.00. The van der Waals surface area contributed by atoms with Crippen LogP contribution >= 0.6 is 11.6 Å². The fourth-order valence-corrected chi connectivity index (χ4v) is 2.05. The van der Waals surface area contributed by atoms with Crippen LogP contribution in [0.25, 0.3) is 0 Å². The normalized spacial score (nSPS) is 10.3. The highest BCUT2D eigenvalue weighted by atomic mass is 35.5. The maximum absolute atomic E-state index is 6.05. The van der Waals surface area contributed by atoms with E-state index in [2.05, 4.69) is 9.97 Å². The Kier molecular flexibility index (Phi) is 5.15. The summed E-state index contributed by atoms with van der Waals surface area (Å²) in [6, 6.07) is 5.30. The molecular formula is C14H16ClN3O2. The zero-order valence-electron chi connectivity index (χ0n) is 11.2. The molecule has 20 heavy (non-hydrogen) atoms. The minimum Gasteiger partial charge on any atom is -0.493 e. The summed E-state index contributed by atoms with van der Waals surface area (Å²) in [4.78, 5) is 8.23. The van der Waals surface area contributed by atoms with Crippen LogP contribution in [0, 0.1) is 0 Å². The molecule has 106 valence electrons. The van der Waals surface area contributed by atoms with Crippen LogP contribution in [0.3, 0.4) is 0 Å². The molecule has 5 nitrogen and oxygen atoms in total. The van der Waals surface area contributed by atoms with Crippen LogP contribution in [0.2, 0.25) is 5.02 Å². The lowest BCUT2D eigenvalue weighted by Crippen LogP contribution is -2.08. The lowest BCUT2D eigenvalue weighted by atomic mass is 10.1. The molecular weight excluding hydrogens is 278 g/mol. The Morgan fingerprint density at radius 3 is 2.65 bits per heavy atom. The summed E-state index contributed by atoms with van der Waals surface area (Å²) in [7, 11) is 1.57. The molecule has 0 fully saturated rings. The van der Waals surface area contributed by atoms with Gasteiger partial charge in [-0.25, -0.2) is 9.97 Å². The fourth-order valence-electron chi connectivity index (χ4n) is 1.82. The number of rotatable bonds is 6. The third-order valence-corrected chi connectivity index (χ3v) is 2.91. The van der Waals surface area contributed by atoms with Gasteiger partial charge in [-0.3, -0.25) is 0 Å². The molecule has 0 saturated heterocycles. The minimum atomic E-state index is 0.260. The maximum Gasteiger partial charge on any atom is 0.166 e. The summed E-state index contributed by atoms with van der Waals surface area (Å²) >= 11 is 6.05. The Balaban J connectivity index is 2.24. The van der Waals surface area contributed by atoms with Crippen molar-refractivity contribution in [2.75, 3.05) is 13.7 Å². The first-order valence-electron chi connectivity index (χ1n) is 6.19. The first-order valence-corrected chi connectivity index (χ1v) is 6.57. The van der Waals surface area contributed by atoms with E-state index < -0.39 is 0 Å². The van der Waals surface area contributed by atoms with Crippen LogP contribution in [0.1, 0.15) is 11.4 Å². The van der Waals surface area contributed by atoms with Crippen molar-refractivity contribution in [3.8, 4) is 11.5 Å². The Labute approximate surface area is 122 Å². The topological polar surface area (TPSA) is 70.3 Å². The van der Waals surface area contributed by atoms with E-state index in [1.165, 1.54) is 0 Å². The van der Waals surface area contributed by atoms with Gasteiger partial charge in [0.25, 0.3) is 0 Å². The highest BCUT2D eigenvalue weighted by Crippen LogP contribution is 2.35. The predicted octanol–water partition coefficient (Wildman–Crippen LogP) is 2.22. The Hall–Kier alpha value is -1.85. The maximum atomic E-state index is 6.05. The molecule has 2 rings (SSSR count). The van der Waals surface area contributed by atoms with E-state index in [-0.39, 0.29) is 6.61 Å². The standard InChI is InChI=1S/C14H16ClN3O2/c1-19-12-8-11(15)7-10(3-4-16)14(12)20-9-13-17-5-2-6-18-13/h2,5-8H,3-4,9,16H2,1H3. The summed E-state index contributed by atoms with van der Waals surface area (Å²) < 4.78 is 11.1. The molecule has 0 unspecified atom stereocenters. The number of methoxy groups -OCH3 is 1. The van der Waals surface area contributed by atoms with E-state index >= 15 is 0 Å². The number of halogens is 1. The Morgan fingerprint density at radius 2 is 2.00 bits per heavy atom. The molecule has 1 aromatic heterocycles. The number of nitrogens with zero attached hydrogens (tertiary/aromatic N) is 2. The van der Waals surface area contributed by atoms with Crippen LogP contribution in [0.15, 0.2) is 30.6 Å². The summed E-state index contributed by atoms with van der Waals surface area (Å²) in [5.74, 6) is 1.81. The SMILES string of the molecule is COc1cc(Cl)cc(CCN)c1OCc1ncccn1. The van der Waals surface area contributed by atoms with Gasteiger partial charge in [0, 0.05) is 29.0 Å². The molecule has 0 atom stereocenters. The molecule has 0 radical (unpaired) electrons. The molecule has 0 bridgehead atoms. The van der Waals surface area contributed by atoms with E-state index in [1.807, 2.05) is 6.07 Å². The van der Waals surface area contributed by atoms with Gasteiger partial charge in [0.1, 0.15) is 6.61 Å². The van der Waals surface area contributed by atoms with Crippen molar-refractivity contribution in [3.05, 3.63) is 47.0 Å². The van der Waals surface area contributed by atoms with Crippen molar-refractivity contribution in [2.45, 2.75) is 13.0 Å². The van der Waals surface area contributed by atoms with Gasteiger partial charge in [-0.15, -0.1) is 0 Å². The second-order valence-electron chi connectivity index (χ2n) is 4.09. The summed E-state index contributed by atoms with van der Waals surface area (Å²) in [5.41, 5.74) is 6.52. The van der Waals surface area contributed by atoms with E-state index in [4.69, 9.17) is 26.8 Å². The molecule has 0 amide bonds. The Bertz CT molecular complexity index is 564. The van der Waals surface area contributed by atoms with Crippen LogP contribution < -0.4 is 15.2 Å². The van der Waals surface area contributed by atoms with E-state index in [0.717, 1.165) is 5.56 Å². The van der Waals surface area contributed by atoms with Gasteiger partial charge in [-0.05, 0) is 25.1 Å². The average molecular weight is 294 g/mol. The smallest absolute Gasteiger partial charge is 0.166 e. The summed E-state index contributed by atoms with van der Waals surface area (Å²) in [6.45, 7) is 0.762.